The van der Waals surface area contributed by atoms with Gasteiger partial charge in [0.1, 0.15) is 5.82 Å². The minimum atomic E-state index is -0.537. The van der Waals surface area contributed by atoms with Crippen molar-refractivity contribution in [2.75, 3.05) is 13.1 Å². The molecule has 170 valence electrons. The Morgan fingerprint density at radius 1 is 1.16 bits per heavy atom. The van der Waals surface area contributed by atoms with E-state index in [0.29, 0.717) is 23.7 Å². The van der Waals surface area contributed by atoms with Gasteiger partial charge >= 0.3 is 0 Å². The van der Waals surface area contributed by atoms with Crippen LogP contribution >= 0.6 is 0 Å². The van der Waals surface area contributed by atoms with Gasteiger partial charge in [0.2, 0.25) is 5.91 Å². The van der Waals surface area contributed by atoms with Gasteiger partial charge in [0.05, 0.1) is 6.04 Å². The number of hydrogen-bond acceptors (Lipinski definition) is 3. The molecular formula is C26H32FN3O2. The summed E-state index contributed by atoms with van der Waals surface area (Å²) in [6.07, 6.45) is 6.86. The van der Waals surface area contributed by atoms with Crippen molar-refractivity contribution < 1.29 is 14.0 Å². The van der Waals surface area contributed by atoms with Crippen molar-refractivity contribution in [3.63, 3.8) is 0 Å². The number of primary amides is 1. The number of halogens is 1. The minimum Gasteiger partial charge on any atom is -0.366 e. The van der Waals surface area contributed by atoms with Gasteiger partial charge in [-0.1, -0.05) is 31.5 Å². The number of benzene rings is 2. The molecule has 6 heteroatoms. The van der Waals surface area contributed by atoms with E-state index in [1.54, 1.807) is 24.3 Å². The third-order valence-electron chi connectivity index (χ3n) is 6.97. The Balaban J connectivity index is 1.53. The molecule has 5 nitrogen and oxygen atoms in total. The van der Waals surface area contributed by atoms with Crippen LogP contribution in [-0.2, 0) is 6.54 Å². The first-order valence-electron chi connectivity index (χ1n) is 11.7. The number of likely N-dealkylation sites (tertiary alicyclic amines) is 1. The Morgan fingerprint density at radius 3 is 2.66 bits per heavy atom. The summed E-state index contributed by atoms with van der Waals surface area (Å²) in [6.45, 7) is 4.85. The molecule has 0 radical (unpaired) electrons. The van der Waals surface area contributed by atoms with Gasteiger partial charge in [-0.3, -0.25) is 9.59 Å². The minimum absolute atomic E-state index is 0.0608. The van der Waals surface area contributed by atoms with Crippen LogP contribution in [0.3, 0.4) is 0 Å². The van der Waals surface area contributed by atoms with E-state index in [0.717, 1.165) is 37.1 Å². The van der Waals surface area contributed by atoms with Crippen LogP contribution in [0.2, 0.25) is 0 Å². The van der Waals surface area contributed by atoms with Crippen LogP contribution in [0, 0.1) is 5.82 Å². The van der Waals surface area contributed by atoms with E-state index in [1.165, 1.54) is 37.8 Å². The SMILES string of the molecule is CCC1CCCCN1CCCC1c2ccc(C(N)=O)cc2C(=O)N1Cc1ccc(F)cc1. The van der Waals surface area contributed by atoms with Crippen molar-refractivity contribution in [2.24, 2.45) is 5.73 Å². The Morgan fingerprint density at radius 2 is 1.94 bits per heavy atom. The van der Waals surface area contributed by atoms with E-state index in [4.69, 9.17) is 5.73 Å². The molecule has 2 aromatic carbocycles. The van der Waals surface area contributed by atoms with Crippen LogP contribution in [0.4, 0.5) is 4.39 Å². The Kier molecular flexibility index (Phi) is 6.89. The van der Waals surface area contributed by atoms with Crippen molar-refractivity contribution in [1.29, 1.82) is 0 Å². The predicted octanol–water partition coefficient (Wildman–Crippen LogP) is 4.67. The first-order chi connectivity index (χ1) is 15.5. The summed E-state index contributed by atoms with van der Waals surface area (Å²) in [7, 11) is 0. The molecule has 2 aliphatic rings. The maximum atomic E-state index is 13.4. The second-order valence-electron chi connectivity index (χ2n) is 8.98. The molecule has 0 saturated carbocycles. The summed E-state index contributed by atoms with van der Waals surface area (Å²) in [6, 6.07) is 12.1. The standard InChI is InChI=1S/C26H32FN3O2/c1-2-21-6-3-4-14-29(21)15-5-7-24-22-13-10-19(25(28)31)16-23(22)26(32)30(24)17-18-8-11-20(27)12-9-18/h8-13,16,21,24H,2-7,14-15,17H2,1H3,(H2,28,31). The van der Waals surface area contributed by atoms with Crippen LogP contribution in [0.25, 0.3) is 0 Å². The maximum Gasteiger partial charge on any atom is 0.255 e. The fourth-order valence-electron chi connectivity index (χ4n) is 5.23. The van der Waals surface area contributed by atoms with Gasteiger partial charge in [-0.25, -0.2) is 4.39 Å². The summed E-state index contributed by atoms with van der Waals surface area (Å²) < 4.78 is 13.4. The van der Waals surface area contributed by atoms with Crippen LogP contribution < -0.4 is 5.73 Å². The van der Waals surface area contributed by atoms with Gasteiger partial charge in [-0.05, 0) is 80.6 Å². The van der Waals surface area contributed by atoms with Gasteiger partial charge < -0.3 is 15.5 Å². The highest BCUT2D eigenvalue weighted by molar-refractivity contribution is 6.02. The monoisotopic (exact) mass is 437 g/mol. The molecule has 2 aliphatic heterocycles. The Hall–Kier alpha value is -2.73. The van der Waals surface area contributed by atoms with E-state index in [9.17, 15) is 14.0 Å². The zero-order valence-corrected chi connectivity index (χ0v) is 18.7. The second kappa shape index (κ2) is 9.82. The molecule has 2 atom stereocenters. The summed E-state index contributed by atoms with van der Waals surface area (Å²) in [5.74, 6) is -0.925. The Labute approximate surface area is 189 Å². The zero-order chi connectivity index (χ0) is 22.7. The quantitative estimate of drug-likeness (QED) is 0.653. The summed E-state index contributed by atoms with van der Waals surface area (Å²) in [5, 5.41) is 0. The molecule has 0 bridgehead atoms. The average molecular weight is 438 g/mol. The van der Waals surface area contributed by atoms with Crippen molar-refractivity contribution in [2.45, 2.75) is 64.1 Å². The van der Waals surface area contributed by atoms with Crippen LogP contribution in [0.15, 0.2) is 42.5 Å². The number of nitrogens with two attached hydrogens (primary N) is 1. The third-order valence-corrected chi connectivity index (χ3v) is 6.97. The van der Waals surface area contributed by atoms with Gasteiger partial charge in [0.15, 0.2) is 0 Å². The van der Waals surface area contributed by atoms with Crippen molar-refractivity contribution in [3.05, 3.63) is 70.5 Å². The molecule has 2 heterocycles. The molecular weight excluding hydrogens is 405 g/mol. The molecule has 32 heavy (non-hydrogen) atoms. The summed E-state index contributed by atoms with van der Waals surface area (Å²) in [5.41, 5.74) is 8.18. The number of amides is 2. The molecule has 2 amide bonds. The molecule has 4 rings (SSSR count). The lowest BCUT2D eigenvalue weighted by Gasteiger charge is -2.35. The topological polar surface area (TPSA) is 66.6 Å². The van der Waals surface area contributed by atoms with E-state index in [2.05, 4.69) is 11.8 Å². The number of hydrogen-bond donors (Lipinski definition) is 1. The van der Waals surface area contributed by atoms with E-state index < -0.39 is 5.91 Å². The second-order valence-corrected chi connectivity index (χ2v) is 8.98. The lowest BCUT2D eigenvalue weighted by atomic mass is 9.97. The van der Waals surface area contributed by atoms with Crippen LogP contribution in [0.5, 0.6) is 0 Å². The van der Waals surface area contributed by atoms with Crippen LogP contribution in [0.1, 0.15) is 83.3 Å². The molecule has 0 spiro atoms. The Bertz CT molecular complexity index is 976. The lowest BCUT2D eigenvalue weighted by Crippen LogP contribution is -2.39. The number of rotatable bonds is 8. The highest BCUT2D eigenvalue weighted by atomic mass is 19.1. The highest BCUT2D eigenvalue weighted by Crippen LogP contribution is 2.38. The fraction of sp³-hybridized carbons (Fsp3) is 0.462. The van der Waals surface area contributed by atoms with Gasteiger partial charge in [0.25, 0.3) is 5.91 Å². The first-order valence-corrected chi connectivity index (χ1v) is 11.7. The molecule has 0 aromatic heterocycles. The average Bonchev–Trinajstić information content (AvgIpc) is 3.06. The number of carbonyl (C=O) groups excluding carboxylic acids is 2. The molecule has 2 aromatic rings. The van der Waals surface area contributed by atoms with E-state index >= 15 is 0 Å². The van der Waals surface area contributed by atoms with Crippen molar-refractivity contribution >= 4 is 11.8 Å². The summed E-state index contributed by atoms with van der Waals surface area (Å²) in [4.78, 5) is 29.4. The number of fused-ring (bicyclic) bond motifs is 1. The van der Waals surface area contributed by atoms with Gasteiger partial charge in [-0.2, -0.15) is 0 Å². The normalized spacial score (nSPS) is 21.1. The highest BCUT2D eigenvalue weighted by Gasteiger charge is 2.37. The maximum absolute atomic E-state index is 13.4. The predicted molar refractivity (Wildman–Crippen MR) is 123 cm³/mol. The number of nitrogens with zero attached hydrogens (tertiary/aromatic N) is 2. The molecule has 1 fully saturated rings. The smallest absolute Gasteiger partial charge is 0.255 e. The molecule has 0 aliphatic carbocycles. The largest absolute Gasteiger partial charge is 0.366 e. The first kappa shape index (κ1) is 22.5. The molecule has 1 saturated heterocycles. The lowest BCUT2D eigenvalue weighted by molar-refractivity contribution is 0.0690. The number of piperidine rings is 1. The number of carbonyl (C=O) groups is 2. The fourth-order valence-corrected chi connectivity index (χ4v) is 5.23. The van der Waals surface area contributed by atoms with Crippen molar-refractivity contribution in [3.8, 4) is 0 Å². The summed E-state index contributed by atoms with van der Waals surface area (Å²) >= 11 is 0. The van der Waals surface area contributed by atoms with Crippen LogP contribution in [-0.4, -0.2) is 40.7 Å². The van der Waals surface area contributed by atoms with Gasteiger partial charge in [-0.15, -0.1) is 0 Å². The molecule has 2 N–H and O–H groups in total. The zero-order valence-electron chi connectivity index (χ0n) is 18.7. The third kappa shape index (κ3) is 4.70. The van der Waals surface area contributed by atoms with Crippen molar-refractivity contribution in [1.82, 2.24) is 9.80 Å². The molecule has 2 unspecified atom stereocenters. The van der Waals surface area contributed by atoms with Gasteiger partial charge in [0, 0.05) is 23.7 Å². The van der Waals surface area contributed by atoms with E-state index in [1.807, 2.05) is 11.0 Å². The van der Waals surface area contributed by atoms with E-state index in [-0.39, 0.29) is 17.8 Å².